The smallest absolute Gasteiger partial charge is 0.203 e. The number of benzene rings is 1. The molecule has 1 aromatic carbocycles. The van der Waals surface area contributed by atoms with Crippen LogP contribution in [0, 0.1) is 0 Å². The van der Waals surface area contributed by atoms with Gasteiger partial charge in [0.1, 0.15) is 5.01 Å². The van der Waals surface area contributed by atoms with Gasteiger partial charge in [0.15, 0.2) is 0 Å². The van der Waals surface area contributed by atoms with E-state index in [0.29, 0.717) is 11.0 Å². The largest absolute Gasteiger partial charge is 0.374 e. The lowest BCUT2D eigenvalue weighted by molar-refractivity contribution is 0.829. The second-order valence-corrected chi connectivity index (χ2v) is 6.37. The van der Waals surface area contributed by atoms with Gasteiger partial charge in [-0.25, -0.2) is 0 Å². The summed E-state index contributed by atoms with van der Waals surface area (Å²) in [5.41, 5.74) is 10.2. The minimum absolute atomic E-state index is 0.364. The molecule has 4 nitrogen and oxygen atoms in total. The minimum atomic E-state index is 0.364. The molecule has 0 unspecified atom stereocenters. The van der Waals surface area contributed by atoms with Crippen molar-refractivity contribution in [1.82, 2.24) is 15.2 Å². The SMILES string of the molecule is CCc1cccc2c(-c3nnc(N)s3)cc(C(C)C)nc12. The normalized spacial score (nSPS) is 11.4. The van der Waals surface area contributed by atoms with Gasteiger partial charge >= 0.3 is 0 Å². The van der Waals surface area contributed by atoms with Crippen molar-refractivity contribution in [1.29, 1.82) is 0 Å². The number of nitrogens with zero attached hydrogens (tertiary/aromatic N) is 3. The summed E-state index contributed by atoms with van der Waals surface area (Å²) in [5, 5.41) is 10.6. The molecule has 0 spiro atoms. The standard InChI is InChI=1S/C16H18N4S/c1-4-10-6-5-7-11-12(15-19-20-16(17)21-15)8-13(9(2)3)18-14(10)11/h5-9H,4H2,1-3H3,(H2,17,20). The molecule has 108 valence electrons. The monoisotopic (exact) mass is 298 g/mol. The van der Waals surface area contributed by atoms with Gasteiger partial charge in [-0.15, -0.1) is 10.2 Å². The molecule has 0 bridgehead atoms. The topological polar surface area (TPSA) is 64.7 Å². The first kappa shape index (κ1) is 13.9. The van der Waals surface area contributed by atoms with Gasteiger partial charge in [0.05, 0.1) is 5.52 Å². The lowest BCUT2D eigenvalue weighted by atomic mass is 10.00. The van der Waals surface area contributed by atoms with E-state index in [4.69, 9.17) is 10.7 Å². The number of nitrogen functional groups attached to an aromatic ring is 1. The fraction of sp³-hybridized carbons (Fsp3) is 0.312. The third kappa shape index (κ3) is 2.49. The zero-order valence-electron chi connectivity index (χ0n) is 12.4. The lowest BCUT2D eigenvalue weighted by Gasteiger charge is -2.12. The number of hydrogen-bond donors (Lipinski definition) is 1. The molecule has 0 saturated carbocycles. The maximum atomic E-state index is 5.74. The number of rotatable bonds is 3. The van der Waals surface area contributed by atoms with E-state index in [1.807, 2.05) is 0 Å². The maximum absolute atomic E-state index is 5.74. The summed E-state index contributed by atoms with van der Waals surface area (Å²) < 4.78 is 0. The van der Waals surface area contributed by atoms with Crippen molar-refractivity contribution in [2.24, 2.45) is 0 Å². The van der Waals surface area contributed by atoms with Gasteiger partial charge in [-0.05, 0) is 24.0 Å². The molecule has 0 saturated heterocycles. The van der Waals surface area contributed by atoms with Gasteiger partial charge in [0.25, 0.3) is 0 Å². The Morgan fingerprint density at radius 1 is 1.24 bits per heavy atom. The number of aryl methyl sites for hydroxylation is 1. The highest BCUT2D eigenvalue weighted by Gasteiger charge is 2.15. The van der Waals surface area contributed by atoms with E-state index in [1.165, 1.54) is 16.9 Å². The summed E-state index contributed by atoms with van der Waals surface area (Å²) in [6, 6.07) is 8.42. The number of aromatic nitrogens is 3. The third-order valence-electron chi connectivity index (χ3n) is 3.59. The molecule has 3 aromatic rings. The molecular formula is C16H18N4S. The average molecular weight is 298 g/mol. The van der Waals surface area contributed by atoms with Crippen molar-refractivity contribution in [2.75, 3.05) is 5.73 Å². The van der Waals surface area contributed by atoms with Gasteiger partial charge in [0.2, 0.25) is 5.13 Å². The number of para-hydroxylation sites is 1. The molecule has 5 heteroatoms. The van der Waals surface area contributed by atoms with E-state index in [-0.39, 0.29) is 0 Å². The first-order valence-electron chi connectivity index (χ1n) is 7.12. The number of pyridine rings is 1. The van der Waals surface area contributed by atoms with E-state index >= 15 is 0 Å². The molecule has 0 radical (unpaired) electrons. The number of nitrogens with two attached hydrogens (primary N) is 1. The molecule has 0 fully saturated rings. The molecule has 2 aromatic heterocycles. The second kappa shape index (κ2) is 5.41. The summed E-state index contributed by atoms with van der Waals surface area (Å²) in [4.78, 5) is 4.86. The summed E-state index contributed by atoms with van der Waals surface area (Å²) in [6.07, 6.45) is 0.962. The maximum Gasteiger partial charge on any atom is 0.203 e. The number of hydrogen-bond acceptors (Lipinski definition) is 5. The van der Waals surface area contributed by atoms with Crippen molar-refractivity contribution < 1.29 is 0 Å². The Labute approximate surface area is 128 Å². The predicted octanol–water partition coefficient (Wildman–Crippen LogP) is 4.02. The van der Waals surface area contributed by atoms with E-state index in [2.05, 4.69) is 55.2 Å². The van der Waals surface area contributed by atoms with Crippen LogP contribution in [0.5, 0.6) is 0 Å². The van der Waals surface area contributed by atoms with Crippen LogP contribution < -0.4 is 5.73 Å². The van der Waals surface area contributed by atoms with Crippen LogP contribution in [-0.4, -0.2) is 15.2 Å². The van der Waals surface area contributed by atoms with Crippen LogP contribution in [0.25, 0.3) is 21.5 Å². The van der Waals surface area contributed by atoms with Crippen molar-refractivity contribution >= 4 is 27.4 Å². The zero-order valence-corrected chi connectivity index (χ0v) is 13.2. The zero-order chi connectivity index (χ0) is 15.0. The molecule has 0 atom stereocenters. The van der Waals surface area contributed by atoms with Gasteiger partial charge in [-0.3, -0.25) is 4.98 Å². The first-order valence-corrected chi connectivity index (χ1v) is 7.93. The Morgan fingerprint density at radius 3 is 2.67 bits per heavy atom. The predicted molar refractivity (Wildman–Crippen MR) is 88.5 cm³/mol. The van der Waals surface area contributed by atoms with Crippen LogP contribution in [0.4, 0.5) is 5.13 Å². The molecule has 0 aliphatic heterocycles. The van der Waals surface area contributed by atoms with Gasteiger partial charge < -0.3 is 5.73 Å². The Kier molecular flexibility index (Phi) is 3.59. The van der Waals surface area contributed by atoms with Crippen LogP contribution in [0.1, 0.15) is 37.9 Å². The van der Waals surface area contributed by atoms with Gasteiger partial charge in [0, 0.05) is 16.6 Å². The van der Waals surface area contributed by atoms with Crippen molar-refractivity contribution in [3.8, 4) is 10.6 Å². The summed E-state index contributed by atoms with van der Waals surface area (Å²) >= 11 is 1.42. The van der Waals surface area contributed by atoms with Gasteiger partial charge in [-0.1, -0.05) is 50.3 Å². The van der Waals surface area contributed by atoms with E-state index < -0.39 is 0 Å². The van der Waals surface area contributed by atoms with Crippen molar-refractivity contribution in [3.05, 3.63) is 35.5 Å². The lowest BCUT2D eigenvalue weighted by Crippen LogP contribution is -1.97. The van der Waals surface area contributed by atoms with Crippen LogP contribution >= 0.6 is 11.3 Å². The Bertz CT molecular complexity index is 792. The molecule has 0 aliphatic carbocycles. The Balaban J connectivity index is 2.36. The summed E-state index contributed by atoms with van der Waals surface area (Å²) in [7, 11) is 0. The van der Waals surface area contributed by atoms with Crippen molar-refractivity contribution in [3.63, 3.8) is 0 Å². The van der Waals surface area contributed by atoms with Crippen LogP contribution in [0.2, 0.25) is 0 Å². The molecule has 21 heavy (non-hydrogen) atoms. The fourth-order valence-electron chi connectivity index (χ4n) is 2.43. The first-order chi connectivity index (χ1) is 10.1. The average Bonchev–Trinajstić information content (AvgIpc) is 2.91. The van der Waals surface area contributed by atoms with E-state index in [1.54, 1.807) is 0 Å². The van der Waals surface area contributed by atoms with E-state index in [0.717, 1.165) is 33.6 Å². The third-order valence-corrected chi connectivity index (χ3v) is 4.37. The number of anilines is 1. The van der Waals surface area contributed by atoms with Crippen LogP contribution in [-0.2, 0) is 6.42 Å². The Hall–Kier alpha value is -2.01. The van der Waals surface area contributed by atoms with Crippen molar-refractivity contribution in [2.45, 2.75) is 33.1 Å². The van der Waals surface area contributed by atoms with Crippen LogP contribution in [0.3, 0.4) is 0 Å². The molecule has 0 amide bonds. The summed E-state index contributed by atoms with van der Waals surface area (Å²) in [6.45, 7) is 6.46. The molecule has 2 N–H and O–H groups in total. The molecule has 2 heterocycles. The quantitative estimate of drug-likeness (QED) is 0.793. The highest BCUT2D eigenvalue weighted by Crippen LogP contribution is 2.34. The fourth-order valence-corrected chi connectivity index (χ4v) is 3.07. The molecule has 3 rings (SSSR count). The highest BCUT2D eigenvalue weighted by atomic mass is 32.1. The molecular weight excluding hydrogens is 280 g/mol. The highest BCUT2D eigenvalue weighted by molar-refractivity contribution is 7.18. The second-order valence-electron chi connectivity index (χ2n) is 5.36. The van der Waals surface area contributed by atoms with Gasteiger partial charge in [-0.2, -0.15) is 0 Å². The molecule has 0 aliphatic rings. The minimum Gasteiger partial charge on any atom is -0.374 e. The number of fused-ring (bicyclic) bond motifs is 1. The summed E-state index contributed by atoms with van der Waals surface area (Å²) in [5.74, 6) is 0.364. The van der Waals surface area contributed by atoms with Crippen LogP contribution in [0.15, 0.2) is 24.3 Å². The van der Waals surface area contributed by atoms with E-state index in [9.17, 15) is 0 Å². The Morgan fingerprint density at radius 2 is 2.05 bits per heavy atom.